The van der Waals surface area contributed by atoms with E-state index in [0.717, 1.165) is 63.9 Å². The van der Waals surface area contributed by atoms with Crippen LogP contribution in [0.4, 0.5) is 5.82 Å². The average Bonchev–Trinajstić information content (AvgIpc) is 3.21. The first kappa shape index (κ1) is 20.0. The molecule has 2 N–H and O–H groups in total. The highest BCUT2D eigenvalue weighted by molar-refractivity contribution is 6.32. The van der Waals surface area contributed by atoms with Crippen LogP contribution in [0.25, 0.3) is 0 Å². The molecule has 0 amide bonds. The zero-order valence-corrected chi connectivity index (χ0v) is 17.7. The number of aliphatic imine (C=N–C) groups is 1. The molecule has 1 fully saturated rings. The van der Waals surface area contributed by atoms with Crippen molar-refractivity contribution in [1.82, 2.24) is 20.5 Å². The molecule has 4 rings (SSSR count). The van der Waals surface area contributed by atoms with Gasteiger partial charge in [-0.15, -0.1) is 0 Å². The number of aromatic nitrogens is 1. The van der Waals surface area contributed by atoms with Crippen LogP contribution in [0.3, 0.4) is 0 Å². The maximum atomic E-state index is 6.29. The van der Waals surface area contributed by atoms with Gasteiger partial charge in [0, 0.05) is 58.6 Å². The second-order valence-electron chi connectivity index (χ2n) is 7.68. The molecule has 1 aromatic heterocycles. The summed E-state index contributed by atoms with van der Waals surface area (Å²) in [7, 11) is 1.83. The summed E-state index contributed by atoms with van der Waals surface area (Å²) in [5.74, 6) is 1.73. The van der Waals surface area contributed by atoms with Crippen LogP contribution < -0.4 is 15.5 Å². The van der Waals surface area contributed by atoms with Crippen LogP contribution in [0.5, 0.6) is 0 Å². The number of nitrogens with zero attached hydrogens (tertiary/aromatic N) is 4. The first-order chi connectivity index (χ1) is 14.2. The summed E-state index contributed by atoms with van der Waals surface area (Å²) in [5, 5.41) is 7.72. The number of pyridine rings is 1. The Balaban J connectivity index is 1.22. The summed E-state index contributed by atoms with van der Waals surface area (Å²) >= 11 is 6.29. The van der Waals surface area contributed by atoms with Crippen LogP contribution in [0.2, 0.25) is 5.02 Å². The SMILES string of the molecule is CN=C(NCCN1CCc2ccccc2C1)NC1CCN(c2ncccc2Cl)C1. The van der Waals surface area contributed by atoms with Crippen molar-refractivity contribution in [2.45, 2.75) is 25.4 Å². The molecule has 0 spiro atoms. The van der Waals surface area contributed by atoms with Crippen LogP contribution in [0.1, 0.15) is 17.5 Å². The van der Waals surface area contributed by atoms with Crippen LogP contribution in [-0.4, -0.2) is 61.7 Å². The van der Waals surface area contributed by atoms with Crippen LogP contribution in [-0.2, 0) is 13.0 Å². The van der Waals surface area contributed by atoms with Gasteiger partial charge in [-0.25, -0.2) is 4.98 Å². The van der Waals surface area contributed by atoms with Gasteiger partial charge in [0.15, 0.2) is 5.96 Å². The highest BCUT2D eigenvalue weighted by Gasteiger charge is 2.25. The number of nitrogens with one attached hydrogen (secondary N) is 2. The van der Waals surface area contributed by atoms with Crippen molar-refractivity contribution in [3.63, 3.8) is 0 Å². The molecule has 3 heterocycles. The van der Waals surface area contributed by atoms with E-state index in [1.54, 1.807) is 6.20 Å². The second kappa shape index (κ2) is 9.46. The number of hydrogen-bond acceptors (Lipinski definition) is 4. The Hall–Kier alpha value is -2.31. The summed E-state index contributed by atoms with van der Waals surface area (Å²) in [6, 6.07) is 12.9. The summed E-state index contributed by atoms with van der Waals surface area (Å²) in [6.45, 7) is 5.86. The molecule has 2 aliphatic heterocycles. The first-order valence-corrected chi connectivity index (χ1v) is 10.7. The second-order valence-corrected chi connectivity index (χ2v) is 8.09. The summed E-state index contributed by atoms with van der Waals surface area (Å²) < 4.78 is 0. The molecule has 2 aliphatic rings. The number of rotatable bonds is 5. The Morgan fingerprint density at radius 2 is 2.07 bits per heavy atom. The van der Waals surface area contributed by atoms with Gasteiger partial charge in [-0.05, 0) is 36.1 Å². The predicted octanol–water partition coefficient (Wildman–Crippen LogP) is 2.54. The lowest BCUT2D eigenvalue weighted by Crippen LogP contribution is -2.47. The monoisotopic (exact) mass is 412 g/mol. The van der Waals surface area contributed by atoms with E-state index in [2.05, 4.69) is 54.7 Å². The Bertz CT molecular complexity index is 855. The molecule has 154 valence electrons. The van der Waals surface area contributed by atoms with Crippen molar-refractivity contribution in [3.05, 3.63) is 58.7 Å². The Kier molecular flexibility index (Phi) is 6.52. The standard InChI is InChI=1S/C22H29ClN6/c1-24-22(26-11-14-28-12-8-17-5-2-3-6-18(17)15-28)27-19-9-13-29(16-19)21-20(23)7-4-10-25-21/h2-7,10,19H,8-9,11-16H2,1H3,(H2,24,26,27). The molecule has 0 saturated carbocycles. The molecule has 0 aliphatic carbocycles. The lowest BCUT2D eigenvalue weighted by atomic mass is 10.00. The molecule has 6 nitrogen and oxygen atoms in total. The minimum atomic E-state index is 0.334. The van der Waals surface area contributed by atoms with E-state index >= 15 is 0 Å². The van der Waals surface area contributed by atoms with Crippen molar-refractivity contribution in [2.75, 3.05) is 44.7 Å². The maximum Gasteiger partial charge on any atom is 0.191 e. The Labute approximate surface area is 178 Å². The third kappa shape index (κ3) is 5.00. The molecular formula is C22H29ClN6. The fraction of sp³-hybridized carbons (Fsp3) is 0.455. The third-order valence-electron chi connectivity index (χ3n) is 5.72. The number of benzene rings is 1. The molecule has 1 atom stereocenters. The van der Waals surface area contributed by atoms with Gasteiger partial charge in [-0.1, -0.05) is 35.9 Å². The van der Waals surface area contributed by atoms with E-state index < -0.39 is 0 Å². The summed E-state index contributed by atoms with van der Waals surface area (Å²) in [5.41, 5.74) is 2.95. The largest absolute Gasteiger partial charge is 0.355 e. The molecule has 0 bridgehead atoms. The van der Waals surface area contributed by atoms with Crippen LogP contribution in [0.15, 0.2) is 47.6 Å². The third-order valence-corrected chi connectivity index (χ3v) is 6.02. The van der Waals surface area contributed by atoms with Gasteiger partial charge in [0.2, 0.25) is 0 Å². The predicted molar refractivity (Wildman–Crippen MR) is 120 cm³/mol. The molecule has 2 aromatic rings. The number of fused-ring (bicyclic) bond motifs is 1. The topological polar surface area (TPSA) is 55.8 Å². The number of anilines is 1. The normalized spacial score (nSPS) is 19.9. The van der Waals surface area contributed by atoms with Gasteiger partial charge in [-0.2, -0.15) is 0 Å². The van der Waals surface area contributed by atoms with Gasteiger partial charge in [0.1, 0.15) is 5.82 Å². The minimum absolute atomic E-state index is 0.334. The Morgan fingerprint density at radius 3 is 2.90 bits per heavy atom. The van der Waals surface area contributed by atoms with E-state index in [1.807, 2.05) is 19.2 Å². The number of halogens is 1. The van der Waals surface area contributed by atoms with Crippen molar-refractivity contribution in [2.24, 2.45) is 4.99 Å². The number of hydrogen-bond donors (Lipinski definition) is 2. The molecule has 0 radical (unpaired) electrons. The maximum absolute atomic E-state index is 6.29. The molecule has 1 aromatic carbocycles. The van der Waals surface area contributed by atoms with Gasteiger partial charge in [0.05, 0.1) is 5.02 Å². The minimum Gasteiger partial charge on any atom is -0.355 e. The smallest absolute Gasteiger partial charge is 0.191 e. The first-order valence-electron chi connectivity index (χ1n) is 10.3. The molecule has 29 heavy (non-hydrogen) atoms. The highest BCUT2D eigenvalue weighted by atomic mass is 35.5. The molecular weight excluding hydrogens is 384 g/mol. The van der Waals surface area contributed by atoms with Gasteiger partial charge < -0.3 is 15.5 Å². The zero-order valence-electron chi connectivity index (χ0n) is 16.9. The van der Waals surface area contributed by atoms with Gasteiger partial charge in [0.25, 0.3) is 0 Å². The quantitative estimate of drug-likeness (QED) is 0.584. The van der Waals surface area contributed by atoms with Crippen molar-refractivity contribution >= 4 is 23.4 Å². The summed E-state index contributed by atoms with van der Waals surface area (Å²) in [4.78, 5) is 13.6. The van der Waals surface area contributed by atoms with Gasteiger partial charge in [-0.3, -0.25) is 9.89 Å². The lowest BCUT2D eigenvalue weighted by Gasteiger charge is -2.29. The fourth-order valence-electron chi connectivity index (χ4n) is 4.15. The van der Waals surface area contributed by atoms with Crippen molar-refractivity contribution < 1.29 is 0 Å². The molecule has 1 saturated heterocycles. The van der Waals surface area contributed by atoms with E-state index in [0.29, 0.717) is 11.1 Å². The van der Waals surface area contributed by atoms with Crippen molar-refractivity contribution in [3.8, 4) is 0 Å². The summed E-state index contributed by atoms with van der Waals surface area (Å²) in [6.07, 6.45) is 3.97. The lowest BCUT2D eigenvalue weighted by molar-refractivity contribution is 0.258. The van der Waals surface area contributed by atoms with E-state index in [9.17, 15) is 0 Å². The molecule has 1 unspecified atom stereocenters. The average molecular weight is 413 g/mol. The number of guanidine groups is 1. The molecule has 7 heteroatoms. The zero-order chi connectivity index (χ0) is 20.1. The Morgan fingerprint density at radius 1 is 1.21 bits per heavy atom. The fourth-order valence-corrected chi connectivity index (χ4v) is 4.39. The van der Waals surface area contributed by atoms with Crippen LogP contribution >= 0.6 is 11.6 Å². The van der Waals surface area contributed by atoms with Gasteiger partial charge >= 0.3 is 0 Å². The van der Waals surface area contributed by atoms with Crippen molar-refractivity contribution in [1.29, 1.82) is 0 Å². The highest BCUT2D eigenvalue weighted by Crippen LogP contribution is 2.25. The van der Waals surface area contributed by atoms with E-state index in [1.165, 1.54) is 11.1 Å². The van der Waals surface area contributed by atoms with E-state index in [4.69, 9.17) is 11.6 Å². The van der Waals surface area contributed by atoms with E-state index in [-0.39, 0.29) is 0 Å². The van der Waals surface area contributed by atoms with Crippen LogP contribution in [0, 0.1) is 0 Å².